The van der Waals surface area contributed by atoms with Crippen molar-refractivity contribution in [2.45, 2.75) is 11.8 Å². The maximum atomic E-state index is 12.7. The summed E-state index contributed by atoms with van der Waals surface area (Å²) in [5.41, 5.74) is 1.35. The van der Waals surface area contributed by atoms with Crippen LogP contribution < -0.4 is 9.04 Å². The number of sulfonamides is 1. The van der Waals surface area contributed by atoms with E-state index in [4.69, 9.17) is 27.9 Å². The molecule has 0 aliphatic carbocycles. The highest BCUT2D eigenvalue weighted by molar-refractivity contribution is 7.92. The van der Waals surface area contributed by atoms with E-state index in [9.17, 15) is 8.42 Å². The van der Waals surface area contributed by atoms with Crippen molar-refractivity contribution in [1.29, 1.82) is 0 Å². The van der Waals surface area contributed by atoms with Crippen molar-refractivity contribution < 1.29 is 13.2 Å². The molecule has 0 aromatic heterocycles. The lowest BCUT2D eigenvalue weighted by atomic mass is 10.2. The predicted molar refractivity (Wildman–Crippen MR) is 89.8 cm³/mol. The maximum absolute atomic E-state index is 12.7. The molecular weight excluding hydrogens is 345 g/mol. The number of hydrogen-bond donors (Lipinski definition) is 0. The van der Waals surface area contributed by atoms with Crippen molar-refractivity contribution in [3.05, 3.63) is 52.0 Å². The van der Waals surface area contributed by atoms with Crippen molar-refractivity contribution in [3.8, 4) is 5.75 Å². The lowest BCUT2D eigenvalue weighted by Gasteiger charge is -2.20. The molecule has 4 nitrogen and oxygen atoms in total. The summed E-state index contributed by atoms with van der Waals surface area (Å²) in [4.78, 5) is 0.0810. The van der Waals surface area contributed by atoms with E-state index < -0.39 is 10.0 Å². The number of hydrogen-bond acceptors (Lipinski definition) is 3. The largest absolute Gasteiger partial charge is 0.495 e. The first kappa shape index (κ1) is 16.9. The molecule has 2 aromatic rings. The number of benzene rings is 2. The van der Waals surface area contributed by atoms with Gasteiger partial charge in [-0.3, -0.25) is 4.31 Å². The molecule has 0 aliphatic rings. The lowest BCUT2D eigenvalue weighted by Crippen LogP contribution is -2.26. The summed E-state index contributed by atoms with van der Waals surface area (Å²) in [5, 5.41) is 0.742. The quantitative estimate of drug-likeness (QED) is 0.824. The first-order chi connectivity index (χ1) is 10.3. The summed E-state index contributed by atoms with van der Waals surface area (Å²) in [6.07, 6.45) is 0. The smallest absolute Gasteiger partial charge is 0.264 e. The van der Waals surface area contributed by atoms with Crippen LogP contribution in [0.25, 0.3) is 0 Å². The van der Waals surface area contributed by atoms with Crippen LogP contribution >= 0.6 is 23.2 Å². The summed E-state index contributed by atoms with van der Waals surface area (Å²) in [6.45, 7) is 1.85. The van der Waals surface area contributed by atoms with Crippen LogP contribution in [-0.2, 0) is 10.0 Å². The Morgan fingerprint density at radius 2 is 1.73 bits per heavy atom. The first-order valence-electron chi connectivity index (χ1n) is 6.36. The molecule has 0 N–H and O–H groups in total. The molecule has 118 valence electrons. The zero-order valence-electron chi connectivity index (χ0n) is 12.3. The molecule has 0 fully saturated rings. The standard InChI is InChI=1S/C15H15Cl2NO3S/c1-10-4-5-11(8-13(10)16)18(2)22(19,20)12-6-7-15(21-3)14(17)9-12/h4-9H,1-3H3. The van der Waals surface area contributed by atoms with Gasteiger partial charge in [-0.05, 0) is 42.8 Å². The van der Waals surface area contributed by atoms with Crippen LogP contribution in [0.5, 0.6) is 5.75 Å². The summed E-state index contributed by atoms with van der Waals surface area (Å²) in [7, 11) is -0.800. The number of methoxy groups -OCH3 is 1. The van der Waals surface area contributed by atoms with Gasteiger partial charge in [-0.1, -0.05) is 29.3 Å². The third-order valence-electron chi connectivity index (χ3n) is 3.30. The van der Waals surface area contributed by atoms with Gasteiger partial charge in [-0.15, -0.1) is 0 Å². The second-order valence-electron chi connectivity index (χ2n) is 4.70. The lowest BCUT2D eigenvalue weighted by molar-refractivity contribution is 0.414. The van der Waals surface area contributed by atoms with E-state index in [1.54, 1.807) is 18.2 Å². The number of ether oxygens (including phenoxy) is 1. The summed E-state index contributed by atoms with van der Waals surface area (Å²) < 4.78 is 31.5. The minimum Gasteiger partial charge on any atom is -0.495 e. The number of halogens is 2. The maximum Gasteiger partial charge on any atom is 0.264 e. The predicted octanol–water partition coefficient (Wildman–Crippen LogP) is 4.14. The molecule has 0 unspecified atom stereocenters. The number of aryl methyl sites for hydroxylation is 1. The Balaban J connectivity index is 2.44. The van der Waals surface area contributed by atoms with Gasteiger partial charge in [0.05, 0.1) is 22.7 Å². The topological polar surface area (TPSA) is 46.6 Å². The van der Waals surface area contributed by atoms with E-state index in [-0.39, 0.29) is 9.92 Å². The molecule has 7 heteroatoms. The Labute approximate surface area is 140 Å². The number of rotatable bonds is 4. The van der Waals surface area contributed by atoms with Gasteiger partial charge in [0.1, 0.15) is 5.75 Å². The molecule has 2 rings (SSSR count). The average Bonchev–Trinajstić information content (AvgIpc) is 2.49. The summed E-state index contributed by atoms with van der Waals surface area (Å²) in [5.74, 6) is 0.418. The fourth-order valence-electron chi connectivity index (χ4n) is 1.88. The average molecular weight is 360 g/mol. The van der Waals surface area contributed by atoms with E-state index in [2.05, 4.69) is 0 Å². The second kappa shape index (κ2) is 6.36. The Morgan fingerprint density at radius 3 is 2.27 bits per heavy atom. The molecule has 0 aliphatic heterocycles. The molecule has 0 bridgehead atoms. The van der Waals surface area contributed by atoms with Crippen LogP contribution in [0, 0.1) is 6.92 Å². The Morgan fingerprint density at radius 1 is 1.05 bits per heavy atom. The van der Waals surface area contributed by atoms with Crippen LogP contribution in [0.4, 0.5) is 5.69 Å². The highest BCUT2D eigenvalue weighted by Gasteiger charge is 2.22. The van der Waals surface area contributed by atoms with Gasteiger partial charge in [0.15, 0.2) is 0 Å². The normalized spacial score (nSPS) is 11.3. The Bertz CT molecular complexity index is 806. The molecule has 2 aromatic carbocycles. The SMILES string of the molecule is COc1ccc(S(=O)(=O)N(C)c2ccc(C)c(Cl)c2)cc1Cl. The van der Waals surface area contributed by atoms with E-state index in [0.717, 1.165) is 9.87 Å². The summed E-state index contributed by atoms with van der Waals surface area (Å²) >= 11 is 12.1. The zero-order chi connectivity index (χ0) is 16.5. The van der Waals surface area contributed by atoms with Crippen LogP contribution in [0.1, 0.15) is 5.56 Å². The molecule has 0 saturated carbocycles. The van der Waals surface area contributed by atoms with Gasteiger partial charge in [0.2, 0.25) is 0 Å². The number of anilines is 1. The minimum atomic E-state index is -3.73. The van der Waals surface area contributed by atoms with Gasteiger partial charge >= 0.3 is 0 Å². The Kier molecular flexibility index (Phi) is 4.90. The monoisotopic (exact) mass is 359 g/mol. The Hall–Kier alpha value is -1.43. The summed E-state index contributed by atoms with van der Waals surface area (Å²) in [6, 6.07) is 9.41. The highest BCUT2D eigenvalue weighted by atomic mass is 35.5. The second-order valence-corrected chi connectivity index (χ2v) is 7.49. The first-order valence-corrected chi connectivity index (χ1v) is 8.55. The zero-order valence-corrected chi connectivity index (χ0v) is 14.6. The fraction of sp³-hybridized carbons (Fsp3) is 0.200. The van der Waals surface area contributed by atoms with Gasteiger partial charge in [-0.25, -0.2) is 8.42 Å². The molecule has 0 radical (unpaired) electrons. The molecule has 0 saturated heterocycles. The minimum absolute atomic E-state index is 0.0810. The van der Waals surface area contributed by atoms with E-state index in [0.29, 0.717) is 16.5 Å². The molecular formula is C15H15Cl2NO3S. The molecule has 0 spiro atoms. The van der Waals surface area contributed by atoms with Gasteiger partial charge in [0, 0.05) is 12.1 Å². The molecule has 0 amide bonds. The van der Waals surface area contributed by atoms with Crippen LogP contribution in [0.2, 0.25) is 10.0 Å². The molecule has 22 heavy (non-hydrogen) atoms. The van der Waals surface area contributed by atoms with Gasteiger partial charge < -0.3 is 4.74 Å². The van der Waals surface area contributed by atoms with Crippen molar-refractivity contribution in [2.24, 2.45) is 0 Å². The van der Waals surface area contributed by atoms with Crippen molar-refractivity contribution in [2.75, 3.05) is 18.5 Å². The van der Waals surface area contributed by atoms with Crippen LogP contribution in [0.15, 0.2) is 41.3 Å². The third-order valence-corrected chi connectivity index (χ3v) is 5.78. The molecule has 0 heterocycles. The van der Waals surface area contributed by atoms with Gasteiger partial charge in [0.25, 0.3) is 10.0 Å². The van der Waals surface area contributed by atoms with Crippen molar-refractivity contribution >= 4 is 38.9 Å². The molecule has 0 atom stereocenters. The van der Waals surface area contributed by atoms with E-state index in [1.807, 2.05) is 6.92 Å². The third kappa shape index (κ3) is 3.16. The van der Waals surface area contributed by atoms with Crippen molar-refractivity contribution in [1.82, 2.24) is 0 Å². The van der Waals surface area contributed by atoms with Crippen molar-refractivity contribution in [3.63, 3.8) is 0 Å². The van der Waals surface area contributed by atoms with E-state index >= 15 is 0 Å². The highest BCUT2D eigenvalue weighted by Crippen LogP contribution is 2.30. The van der Waals surface area contributed by atoms with Gasteiger partial charge in [-0.2, -0.15) is 0 Å². The van der Waals surface area contributed by atoms with Crippen LogP contribution in [0.3, 0.4) is 0 Å². The van der Waals surface area contributed by atoms with Crippen LogP contribution in [-0.4, -0.2) is 22.6 Å². The van der Waals surface area contributed by atoms with E-state index in [1.165, 1.54) is 32.4 Å². The fourth-order valence-corrected chi connectivity index (χ4v) is 3.59. The number of nitrogens with zero attached hydrogens (tertiary/aromatic N) is 1.